The fourth-order valence-electron chi connectivity index (χ4n) is 1.08. The molecule has 0 aliphatic heterocycles. The van der Waals surface area contributed by atoms with Crippen molar-refractivity contribution in [2.24, 2.45) is 5.92 Å². The Kier molecular flexibility index (Phi) is 5.20. The summed E-state index contributed by atoms with van der Waals surface area (Å²) in [7, 11) is 0. The molecule has 1 atom stereocenters. The molecule has 1 unspecified atom stereocenters. The van der Waals surface area contributed by atoms with Crippen molar-refractivity contribution in [1.82, 2.24) is 0 Å². The molecule has 0 aromatic heterocycles. The molecule has 0 bridgehead atoms. The van der Waals surface area contributed by atoms with Crippen molar-refractivity contribution in [3.63, 3.8) is 0 Å². The predicted molar refractivity (Wildman–Crippen MR) is 66.6 cm³/mol. The van der Waals surface area contributed by atoms with E-state index in [9.17, 15) is 4.79 Å². The minimum absolute atomic E-state index is 0.153. The quantitative estimate of drug-likeness (QED) is 0.725. The van der Waals surface area contributed by atoms with Crippen LogP contribution in [0.2, 0.25) is 5.02 Å². The molecule has 0 saturated heterocycles. The van der Waals surface area contributed by atoms with Crippen molar-refractivity contribution >= 4 is 29.1 Å². The number of thioether (sulfide) groups is 1. The average Bonchev–Trinajstić information content (AvgIpc) is 2.26. The summed E-state index contributed by atoms with van der Waals surface area (Å²) in [5.41, 5.74) is 0. The van der Waals surface area contributed by atoms with Crippen molar-refractivity contribution in [2.45, 2.75) is 25.2 Å². The van der Waals surface area contributed by atoms with Crippen LogP contribution in [0.25, 0.3) is 0 Å². The van der Waals surface area contributed by atoms with Gasteiger partial charge in [0.15, 0.2) is 0 Å². The van der Waals surface area contributed by atoms with Gasteiger partial charge in [0.05, 0.1) is 10.8 Å². The lowest BCUT2D eigenvalue weighted by Crippen LogP contribution is -2.12. The number of carbonyl (C=O) groups excluding carboxylic acids is 1. The topological polar surface area (TPSA) is 17.1 Å². The van der Waals surface area contributed by atoms with Crippen LogP contribution in [0, 0.1) is 5.92 Å². The third-order valence-corrected chi connectivity index (χ3v) is 3.91. The molecule has 1 aromatic carbocycles. The van der Waals surface area contributed by atoms with E-state index >= 15 is 0 Å². The normalized spacial score (nSPS) is 12.5. The third-order valence-electron chi connectivity index (χ3n) is 2.37. The Hall–Kier alpha value is -0.470. The van der Waals surface area contributed by atoms with E-state index < -0.39 is 0 Å². The highest BCUT2D eigenvalue weighted by Crippen LogP contribution is 2.27. The second-order valence-corrected chi connectivity index (χ2v) is 4.92. The van der Waals surface area contributed by atoms with Gasteiger partial charge in [0.25, 0.3) is 0 Å². The predicted octanol–water partition coefficient (Wildman–Crippen LogP) is 4.05. The smallest absolute Gasteiger partial charge is 0.145 e. The van der Waals surface area contributed by atoms with Gasteiger partial charge in [-0.05, 0) is 18.6 Å². The molecular formula is C12H15ClOS. The Balaban J connectivity index is 2.51. The van der Waals surface area contributed by atoms with Gasteiger partial charge < -0.3 is 0 Å². The zero-order valence-corrected chi connectivity index (χ0v) is 10.6. The van der Waals surface area contributed by atoms with Crippen LogP contribution >= 0.6 is 23.4 Å². The van der Waals surface area contributed by atoms with Gasteiger partial charge in [-0.25, -0.2) is 0 Å². The number of hydrogen-bond acceptors (Lipinski definition) is 2. The fraction of sp³-hybridized carbons (Fsp3) is 0.417. The number of rotatable bonds is 5. The third kappa shape index (κ3) is 3.88. The van der Waals surface area contributed by atoms with Gasteiger partial charge in [-0.15, -0.1) is 11.8 Å². The Morgan fingerprint density at radius 3 is 2.73 bits per heavy atom. The summed E-state index contributed by atoms with van der Waals surface area (Å²) < 4.78 is 0. The van der Waals surface area contributed by atoms with Crippen molar-refractivity contribution in [3.8, 4) is 0 Å². The van der Waals surface area contributed by atoms with E-state index in [0.717, 1.165) is 16.3 Å². The highest BCUT2D eigenvalue weighted by molar-refractivity contribution is 8.00. The first-order valence-electron chi connectivity index (χ1n) is 5.05. The van der Waals surface area contributed by atoms with E-state index in [1.54, 1.807) is 0 Å². The molecule has 0 N–H and O–H groups in total. The first-order valence-corrected chi connectivity index (χ1v) is 6.41. The summed E-state index contributed by atoms with van der Waals surface area (Å²) in [6.07, 6.45) is 0.905. The molecule has 3 heteroatoms. The van der Waals surface area contributed by atoms with Gasteiger partial charge in [0, 0.05) is 10.8 Å². The number of Topliss-reactive ketones (excluding diaryl/α,β-unsaturated/α-hetero) is 1. The first kappa shape index (κ1) is 12.6. The molecule has 0 radical (unpaired) electrons. The summed E-state index contributed by atoms with van der Waals surface area (Å²) in [4.78, 5) is 12.6. The van der Waals surface area contributed by atoms with E-state index in [-0.39, 0.29) is 5.92 Å². The van der Waals surface area contributed by atoms with Crippen LogP contribution in [0.5, 0.6) is 0 Å². The van der Waals surface area contributed by atoms with E-state index in [4.69, 9.17) is 11.6 Å². The van der Waals surface area contributed by atoms with Crippen LogP contribution in [-0.4, -0.2) is 11.5 Å². The molecular weight excluding hydrogens is 228 g/mol. The van der Waals surface area contributed by atoms with Gasteiger partial charge in [-0.2, -0.15) is 0 Å². The molecule has 0 aliphatic carbocycles. The second-order valence-electron chi connectivity index (χ2n) is 3.49. The molecule has 0 heterocycles. The summed E-state index contributed by atoms with van der Waals surface area (Å²) >= 11 is 7.51. The number of ketones is 1. The Morgan fingerprint density at radius 1 is 1.47 bits per heavy atom. The number of benzene rings is 1. The number of hydrogen-bond donors (Lipinski definition) is 0. The lowest BCUT2D eigenvalue weighted by Gasteiger charge is -2.07. The Morgan fingerprint density at radius 2 is 2.13 bits per heavy atom. The molecule has 1 nitrogen and oxygen atoms in total. The van der Waals surface area contributed by atoms with Gasteiger partial charge in [-0.3, -0.25) is 4.79 Å². The molecule has 0 aliphatic rings. The van der Waals surface area contributed by atoms with E-state index in [1.165, 1.54) is 11.8 Å². The molecule has 1 rings (SSSR count). The summed E-state index contributed by atoms with van der Waals surface area (Å²) in [5, 5.41) is 0.722. The fourth-order valence-corrected chi connectivity index (χ4v) is 2.34. The van der Waals surface area contributed by atoms with Crippen LogP contribution in [0.1, 0.15) is 20.3 Å². The van der Waals surface area contributed by atoms with Crippen LogP contribution < -0.4 is 0 Å². The second kappa shape index (κ2) is 6.19. The highest BCUT2D eigenvalue weighted by Gasteiger charge is 2.11. The molecule has 1 aromatic rings. The Labute approximate surface area is 100 Å². The van der Waals surface area contributed by atoms with Gasteiger partial charge in [0.1, 0.15) is 5.78 Å². The minimum Gasteiger partial charge on any atom is -0.298 e. The maximum atomic E-state index is 11.6. The van der Waals surface area contributed by atoms with Gasteiger partial charge in [0.2, 0.25) is 0 Å². The number of halogens is 1. The van der Waals surface area contributed by atoms with Crippen molar-refractivity contribution in [1.29, 1.82) is 0 Å². The lowest BCUT2D eigenvalue weighted by molar-refractivity contribution is -0.119. The van der Waals surface area contributed by atoms with Gasteiger partial charge >= 0.3 is 0 Å². The molecule has 82 valence electrons. The van der Waals surface area contributed by atoms with Crippen molar-refractivity contribution in [3.05, 3.63) is 29.3 Å². The highest BCUT2D eigenvalue weighted by atomic mass is 35.5. The van der Waals surface area contributed by atoms with Crippen LogP contribution in [0.3, 0.4) is 0 Å². The van der Waals surface area contributed by atoms with Crippen LogP contribution in [-0.2, 0) is 4.79 Å². The van der Waals surface area contributed by atoms with Crippen molar-refractivity contribution < 1.29 is 4.79 Å². The van der Waals surface area contributed by atoms with Crippen LogP contribution in [0.15, 0.2) is 29.2 Å². The minimum atomic E-state index is 0.153. The molecule has 0 saturated carbocycles. The first-order chi connectivity index (χ1) is 7.15. The lowest BCUT2D eigenvalue weighted by atomic mass is 10.1. The van der Waals surface area contributed by atoms with E-state index in [0.29, 0.717) is 11.5 Å². The summed E-state index contributed by atoms with van der Waals surface area (Å²) in [5.74, 6) is 0.959. The molecule has 0 fully saturated rings. The molecule has 0 spiro atoms. The average molecular weight is 243 g/mol. The van der Waals surface area contributed by atoms with Crippen LogP contribution in [0.4, 0.5) is 0 Å². The summed E-state index contributed by atoms with van der Waals surface area (Å²) in [6, 6.07) is 7.61. The Bertz CT molecular complexity index is 338. The maximum absolute atomic E-state index is 11.6. The van der Waals surface area contributed by atoms with Gasteiger partial charge in [-0.1, -0.05) is 37.6 Å². The zero-order valence-electron chi connectivity index (χ0n) is 9.00. The maximum Gasteiger partial charge on any atom is 0.145 e. The largest absolute Gasteiger partial charge is 0.298 e. The summed E-state index contributed by atoms with van der Waals surface area (Å²) in [6.45, 7) is 4.00. The van der Waals surface area contributed by atoms with E-state index in [1.807, 2.05) is 38.1 Å². The molecule has 15 heavy (non-hydrogen) atoms. The van der Waals surface area contributed by atoms with Crippen molar-refractivity contribution in [2.75, 3.05) is 5.75 Å². The molecule has 0 amide bonds. The number of carbonyl (C=O) groups is 1. The van der Waals surface area contributed by atoms with E-state index in [2.05, 4.69) is 0 Å². The monoisotopic (exact) mass is 242 g/mol. The standard InChI is InChI=1S/C12H15ClOS/c1-3-9(2)11(14)8-15-12-7-5-4-6-10(12)13/h4-7,9H,3,8H2,1-2H3. The SMILES string of the molecule is CCC(C)C(=O)CSc1ccccc1Cl. The zero-order chi connectivity index (χ0) is 11.3.